The van der Waals surface area contributed by atoms with Gasteiger partial charge in [0.05, 0.1) is 0 Å². The predicted octanol–water partition coefficient (Wildman–Crippen LogP) is 1.65. The Labute approximate surface area is 84.7 Å². The monoisotopic (exact) mass is 196 g/mol. The summed E-state index contributed by atoms with van der Waals surface area (Å²) in [5.41, 5.74) is 1.13. The molecule has 78 valence electrons. The van der Waals surface area contributed by atoms with Crippen LogP contribution in [0, 0.1) is 5.82 Å². The molecule has 1 aromatic carbocycles. The molecule has 0 heterocycles. The van der Waals surface area contributed by atoms with Gasteiger partial charge in [0, 0.05) is 12.6 Å². The number of likely N-dealkylation sites (N-methyl/N-ethyl adjacent to an activating group) is 2. The van der Waals surface area contributed by atoms with Crippen LogP contribution >= 0.6 is 0 Å². The van der Waals surface area contributed by atoms with E-state index in [2.05, 4.69) is 10.2 Å². The van der Waals surface area contributed by atoms with E-state index in [-0.39, 0.29) is 5.82 Å². The summed E-state index contributed by atoms with van der Waals surface area (Å²) in [5.74, 6) is -0.185. The largest absolute Gasteiger partial charge is 0.318 e. The number of hydrogen-bond acceptors (Lipinski definition) is 2. The van der Waals surface area contributed by atoms with E-state index < -0.39 is 0 Å². The van der Waals surface area contributed by atoms with E-state index in [1.165, 1.54) is 12.1 Å². The molecular weight excluding hydrogens is 179 g/mol. The molecular formula is C11H17FN2. The number of halogens is 1. The van der Waals surface area contributed by atoms with Crippen molar-refractivity contribution in [3.63, 3.8) is 0 Å². The lowest BCUT2D eigenvalue weighted by molar-refractivity contribution is 0.293. The topological polar surface area (TPSA) is 15.3 Å². The molecule has 0 radical (unpaired) electrons. The van der Waals surface area contributed by atoms with Crippen LogP contribution in [0.1, 0.15) is 11.6 Å². The molecule has 2 nitrogen and oxygen atoms in total. The molecule has 0 aliphatic heterocycles. The van der Waals surface area contributed by atoms with Crippen molar-refractivity contribution in [3.05, 3.63) is 35.6 Å². The summed E-state index contributed by atoms with van der Waals surface area (Å²) in [5, 5.41) is 3.13. The van der Waals surface area contributed by atoms with Gasteiger partial charge < -0.3 is 10.2 Å². The van der Waals surface area contributed by atoms with Gasteiger partial charge in [0.25, 0.3) is 0 Å². The lowest BCUT2D eigenvalue weighted by Crippen LogP contribution is -2.29. The number of benzene rings is 1. The number of hydrogen-bond donors (Lipinski definition) is 1. The van der Waals surface area contributed by atoms with Crippen LogP contribution in [0.25, 0.3) is 0 Å². The van der Waals surface area contributed by atoms with Gasteiger partial charge in [-0.25, -0.2) is 4.39 Å². The van der Waals surface area contributed by atoms with Crippen molar-refractivity contribution in [2.75, 3.05) is 27.7 Å². The van der Waals surface area contributed by atoms with Gasteiger partial charge in [0.1, 0.15) is 5.82 Å². The van der Waals surface area contributed by atoms with Gasteiger partial charge in [-0.3, -0.25) is 0 Å². The predicted molar refractivity (Wildman–Crippen MR) is 56.8 cm³/mol. The Morgan fingerprint density at radius 2 is 1.86 bits per heavy atom. The molecule has 0 fully saturated rings. The van der Waals surface area contributed by atoms with E-state index in [0.717, 1.165) is 12.1 Å². The maximum absolute atomic E-state index is 12.7. The zero-order valence-corrected chi connectivity index (χ0v) is 8.92. The quantitative estimate of drug-likeness (QED) is 0.787. The molecule has 1 rings (SSSR count). The second kappa shape index (κ2) is 5.08. The summed E-state index contributed by atoms with van der Waals surface area (Å²) in [6, 6.07) is 6.96. The molecule has 0 aliphatic carbocycles. The summed E-state index contributed by atoms with van der Waals surface area (Å²) >= 11 is 0. The van der Waals surface area contributed by atoms with E-state index in [1.54, 1.807) is 0 Å². The van der Waals surface area contributed by atoms with Crippen molar-refractivity contribution in [1.82, 2.24) is 10.2 Å². The molecule has 0 aromatic heterocycles. The zero-order valence-electron chi connectivity index (χ0n) is 8.92. The molecule has 1 N–H and O–H groups in total. The Kier molecular flexibility index (Phi) is 4.04. The van der Waals surface area contributed by atoms with Crippen molar-refractivity contribution in [2.45, 2.75) is 6.04 Å². The first-order chi connectivity index (χ1) is 6.65. The molecule has 0 bridgehead atoms. The van der Waals surface area contributed by atoms with Crippen LogP contribution in [0.15, 0.2) is 24.3 Å². The Morgan fingerprint density at radius 3 is 2.29 bits per heavy atom. The lowest BCUT2D eigenvalue weighted by Gasteiger charge is -2.24. The molecule has 3 heteroatoms. The normalized spacial score (nSPS) is 13.2. The van der Waals surface area contributed by atoms with Crippen LogP contribution in [-0.4, -0.2) is 32.6 Å². The van der Waals surface area contributed by atoms with Crippen LogP contribution in [-0.2, 0) is 0 Å². The fraction of sp³-hybridized carbons (Fsp3) is 0.455. The highest BCUT2D eigenvalue weighted by molar-refractivity contribution is 5.20. The van der Waals surface area contributed by atoms with Gasteiger partial charge in [-0.1, -0.05) is 12.1 Å². The van der Waals surface area contributed by atoms with E-state index in [4.69, 9.17) is 0 Å². The molecule has 1 unspecified atom stereocenters. The third-order valence-electron chi connectivity index (χ3n) is 2.28. The highest BCUT2D eigenvalue weighted by atomic mass is 19.1. The maximum atomic E-state index is 12.7. The third-order valence-corrected chi connectivity index (χ3v) is 2.28. The average molecular weight is 196 g/mol. The summed E-state index contributed by atoms with van der Waals surface area (Å²) in [6.07, 6.45) is 0. The molecule has 0 aliphatic rings. The highest BCUT2D eigenvalue weighted by Crippen LogP contribution is 2.17. The van der Waals surface area contributed by atoms with Gasteiger partial charge in [-0.15, -0.1) is 0 Å². The maximum Gasteiger partial charge on any atom is 0.123 e. The zero-order chi connectivity index (χ0) is 10.6. The van der Waals surface area contributed by atoms with E-state index in [9.17, 15) is 4.39 Å². The average Bonchev–Trinajstić information content (AvgIpc) is 2.15. The minimum absolute atomic E-state index is 0.185. The molecule has 1 atom stereocenters. The van der Waals surface area contributed by atoms with E-state index in [1.807, 2.05) is 33.3 Å². The fourth-order valence-corrected chi connectivity index (χ4v) is 1.48. The van der Waals surface area contributed by atoms with Crippen molar-refractivity contribution < 1.29 is 4.39 Å². The Morgan fingerprint density at radius 1 is 1.29 bits per heavy atom. The summed E-state index contributed by atoms with van der Waals surface area (Å²) < 4.78 is 12.7. The second-order valence-corrected chi connectivity index (χ2v) is 3.59. The smallest absolute Gasteiger partial charge is 0.123 e. The first kappa shape index (κ1) is 11.1. The van der Waals surface area contributed by atoms with Crippen LogP contribution in [0.5, 0.6) is 0 Å². The highest BCUT2D eigenvalue weighted by Gasteiger charge is 2.12. The van der Waals surface area contributed by atoms with Crippen LogP contribution in [0.4, 0.5) is 4.39 Å². The van der Waals surface area contributed by atoms with Crippen LogP contribution < -0.4 is 5.32 Å². The molecule has 0 amide bonds. The van der Waals surface area contributed by atoms with Gasteiger partial charge >= 0.3 is 0 Å². The Bertz CT molecular complexity index is 269. The first-order valence-corrected chi connectivity index (χ1v) is 4.71. The SMILES string of the molecule is CNCC(c1ccc(F)cc1)N(C)C. The summed E-state index contributed by atoms with van der Waals surface area (Å²) in [4.78, 5) is 2.11. The Hall–Kier alpha value is -0.930. The van der Waals surface area contributed by atoms with E-state index in [0.29, 0.717) is 6.04 Å². The summed E-state index contributed by atoms with van der Waals surface area (Å²) in [6.45, 7) is 0.860. The van der Waals surface area contributed by atoms with Crippen molar-refractivity contribution in [2.24, 2.45) is 0 Å². The molecule has 0 saturated heterocycles. The second-order valence-electron chi connectivity index (χ2n) is 3.59. The first-order valence-electron chi connectivity index (χ1n) is 4.71. The minimum Gasteiger partial charge on any atom is -0.318 e. The van der Waals surface area contributed by atoms with Gasteiger partial charge in [0.2, 0.25) is 0 Å². The van der Waals surface area contributed by atoms with Crippen LogP contribution in [0.3, 0.4) is 0 Å². The van der Waals surface area contributed by atoms with Gasteiger partial charge in [0.15, 0.2) is 0 Å². The van der Waals surface area contributed by atoms with Crippen LogP contribution in [0.2, 0.25) is 0 Å². The van der Waals surface area contributed by atoms with E-state index >= 15 is 0 Å². The standard InChI is InChI=1S/C11H17FN2/c1-13-8-11(14(2)3)9-4-6-10(12)7-5-9/h4-7,11,13H,8H2,1-3H3. The number of nitrogens with one attached hydrogen (secondary N) is 1. The molecule has 0 saturated carbocycles. The van der Waals surface area contributed by atoms with Crippen molar-refractivity contribution in [1.29, 1.82) is 0 Å². The minimum atomic E-state index is -0.185. The van der Waals surface area contributed by atoms with Crippen molar-refractivity contribution in [3.8, 4) is 0 Å². The fourth-order valence-electron chi connectivity index (χ4n) is 1.48. The number of rotatable bonds is 4. The molecule has 1 aromatic rings. The molecule has 0 spiro atoms. The summed E-state index contributed by atoms with van der Waals surface area (Å²) in [7, 11) is 5.96. The van der Waals surface area contributed by atoms with Crippen molar-refractivity contribution >= 4 is 0 Å². The Balaban J connectivity index is 2.82. The third kappa shape index (κ3) is 2.79. The van der Waals surface area contributed by atoms with Gasteiger partial charge in [-0.2, -0.15) is 0 Å². The molecule has 14 heavy (non-hydrogen) atoms. The lowest BCUT2D eigenvalue weighted by atomic mass is 10.1. The number of nitrogens with zero attached hydrogens (tertiary/aromatic N) is 1. The van der Waals surface area contributed by atoms with Gasteiger partial charge in [-0.05, 0) is 38.8 Å².